The molecule has 0 radical (unpaired) electrons. The van der Waals surface area contributed by atoms with Crippen LogP contribution >= 0.6 is 11.6 Å². The highest BCUT2D eigenvalue weighted by Gasteiger charge is 2.26. The number of hydrogen-bond donors (Lipinski definition) is 1. The van der Waals surface area contributed by atoms with Crippen molar-refractivity contribution in [2.75, 3.05) is 34.0 Å². The fourth-order valence-corrected chi connectivity index (χ4v) is 3.44. The summed E-state index contributed by atoms with van der Waals surface area (Å²) in [6, 6.07) is 11.9. The predicted molar refractivity (Wildman–Crippen MR) is 129 cm³/mol. The summed E-state index contributed by atoms with van der Waals surface area (Å²) in [5.74, 6) is 0.758. The van der Waals surface area contributed by atoms with Gasteiger partial charge in [0.15, 0.2) is 11.5 Å². The van der Waals surface area contributed by atoms with Crippen LogP contribution in [0.2, 0.25) is 5.02 Å². The number of nitrogens with one attached hydrogen (secondary N) is 1. The summed E-state index contributed by atoms with van der Waals surface area (Å²) in [7, 11) is 3.11. The van der Waals surface area contributed by atoms with E-state index in [1.165, 1.54) is 0 Å². The van der Waals surface area contributed by atoms with Crippen LogP contribution in [0.1, 0.15) is 31.4 Å². The second-order valence-electron chi connectivity index (χ2n) is 7.53. The SMILES string of the molecule is CCOCCCNC(=O)[C@@H](C)N(Cc1ccc(Cl)cc1)C(=O)Cc1ccc(OC)c(OC)c1. The number of hydrogen-bond acceptors (Lipinski definition) is 5. The molecule has 0 aromatic heterocycles. The van der Waals surface area contributed by atoms with E-state index >= 15 is 0 Å². The minimum atomic E-state index is -0.652. The first-order chi connectivity index (χ1) is 15.9. The summed E-state index contributed by atoms with van der Waals surface area (Å²) < 4.78 is 15.9. The Hall–Kier alpha value is -2.77. The van der Waals surface area contributed by atoms with Crippen molar-refractivity contribution >= 4 is 23.4 Å². The molecule has 180 valence electrons. The van der Waals surface area contributed by atoms with Gasteiger partial charge < -0.3 is 24.4 Å². The number of benzene rings is 2. The van der Waals surface area contributed by atoms with Gasteiger partial charge in [0.25, 0.3) is 0 Å². The van der Waals surface area contributed by atoms with E-state index in [4.69, 9.17) is 25.8 Å². The quantitative estimate of drug-likeness (QED) is 0.444. The monoisotopic (exact) mass is 476 g/mol. The zero-order valence-corrected chi connectivity index (χ0v) is 20.5. The number of carbonyl (C=O) groups is 2. The molecule has 0 fully saturated rings. The first-order valence-electron chi connectivity index (χ1n) is 11.0. The third-order valence-corrected chi connectivity index (χ3v) is 5.46. The number of amides is 2. The third kappa shape index (κ3) is 8.26. The summed E-state index contributed by atoms with van der Waals surface area (Å²) in [4.78, 5) is 27.7. The molecular formula is C25H33ClN2O5. The van der Waals surface area contributed by atoms with Gasteiger partial charge in [-0.25, -0.2) is 0 Å². The summed E-state index contributed by atoms with van der Waals surface area (Å²) in [5.41, 5.74) is 1.65. The molecule has 0 bridgehead atoms. The predicted octanol–water partition coefficient (Wildman–Crippen LogP) is 3.86. The van der Waals surface area contributed by atoms with Crippen molar-refractivity contribution in [1.29, 1.82) is 0 Å². The standard InChI is InChI=1S/C25H33ClN2O5/c1-5-33-14-6-13-27-25(30)18(2)28(17-19-7-10-21(26)11-8-19)24(29)16-20-9-12-22(31-3)23(15-20)32-4/h7-12,15,18H,5-6,13-14,16-17H2,1-4H3,(H,27,30)/t18-/m1/s1. The Morgan fingerprint density at radius 2 is 1.70 bits per heavy atom. The molecule has 8 heteroatoms. The van der Waals surface area contributed by atoms with Gasteiger partial charge in [-0.05, 0) is 55.7 Å². The van der Waals surface area contributed by atoms with Gasteiger partial charge in [0.05, 0.1) is 20.6 Å². The van der Waals surface area contributed by atoms with E-state index in [0.717, 1.165) is 11.1 Å². The lowest BCUT2D eigenvalue weighted by atomic mass is 10.1. The topological polar surface area (TPSA) is 77.1 Å². The number of halogens is 1. The largest absolute Gasteiger partial charge is 0.493 e. The van der Waals surface area contributed by atoms with Crippen molar-refractivity contribution in [3.63, 3.8) is 0 Å². The van der Waals surface area contributed by atoms with Gasteiger partial charge in [0.1, 0.15) is 6.04 Å². The molecule has 0 saturated carbocycles. The summed E-state index contributed by atoms with van der Waals surface area (Å²) in [5, 5.41) is 3.51. The van der Waals surface area contributed by atoms with Crippen LogP contribution in [0.5, 0.6) is 11.5 Å². The lowest BCUT2D eigenvalue weighted by Crippen LogP contribution is -2.48. The Kier molecular flexibility index (Phi) is 11.0. The average Bonchev–Trinajstić information content (AvgIpc) is 2.82. The highest BCUT2D eigenvalue weighted by molar-refractivity contribution is 6.30. The molecule has 0 aliphatic carbocycles. The van der Waals surface area contributed by atoms with Crippen molar-refractivity contribution in [3.8, 4) is 11.5 Å². The molecule has 0 heterocycles. The molecule has 2 rings (SSSR count). The van der Waals surface area contributed by atoms with E-state index in [9.17, 15) is 9.59 Å². The number of ether oxygens (including phenoxy) is 3. The van der Waals surface area contributed by atoms with Gasteiger partial charge in [0.2, 0.25) is 11.8 Å². The van der Waals surface area contributed by atoms with Gasteiger partial charge in [-0.15, -0.1) is 0 Å². The summed E-state index contributed by atoms with van der Waals surface area (Å²) in [6.07, 6.45) is 0.832. The second-order valence-corrected chi connectivity index (χ2v) is 7.97. The molecule has 0 aliphatic rings. The van der Waals surface area contributed by atoms with E-state index in [0.29, 0.717) is 42.7 Å². The fourth-order valence-electron chi connectivity index (χ4n) is 3.31. The minimum Gasteiger partial charge on any atom is -0.493 e. The van der Waals surface area contributed by atoms with Crippen molar-refractivity contribution in [2.45, 2.75) is 39.3 Å². The molecule has 7 nitrogen and oxygen atoms in total. The molecule has 0 aliphatic heterocycles. The molecule has 1 N–H and O–H groups in total. The second kappa shape index (κ2) is 13.7. The van der Waals surface area contributed by atoms with Gasteiger partial charge >= 0.3 is 0 Å². The molecule has 0 saturated heterocycles. The Morgan fingerprint density at radius 3 is 2.33 bits per heavy atom. The van der Waals surface area contributed by atoms with Crippen LogP contribution in [0.15, 0.2) is 42.5 Å². The normalized spacial score (nSPS) is 11.5. The average molecular weight is 477 g/mol. The zero-order valence-electron chi connectivity index (χ0n) is 19.7. The van der Waals surface area contributed by atoms with Crippen LogP contribution < -0.4 is 14.8 Å². The Morgan fingerprint density at radius 1 is 1.03 bits per heavy atom. The van der Waals surface area contributed by atoms with E-state index in [1.54, 1.807) is 50.3 Å². The van der Waals surface area contributed by atoms with Gasteiger partial charge in [-0.3, -0.25) is 9.59 Å². The van der Waals surface area contributed by atoms with Crippen LogP contribution in [0, 0.1) is 0 Å². The molecule has 0 unspecified atom stereocenters. The fraction of sp³-hybridized carbons (Fsp3) is 0.440. The Balaban J connectivity index is 2.16. The van der Waals surface area contributed by atoms with Crippen molar-refractivity contribution in [2.24, 2.45) is 0 Å². The highest BCUT2D eigenvalue weighted by Crippen LogP contribution is 2.28. The molecule has 1 atom stereocenters. The van der Waals surface area contributed by atoms with Crippen LogP contribution in [0.3, 0.4) is 0 Å². The van der Waals surface area contributed by atoms with Crippen molar-refractivity contribution in [3.05, 3.63) is 58.6 Å². The molecule has 2 aromatic carbocycles. The number of methoxy groups -OCH3 is 2. The van der Waals surface area contributed by atoms with E-state index in [2.05, 4.69) is 5.32 Å². The third-order valence-electron chi connectivity index (χ3n) is 5.21. The lowest BCUT2D eigenvalue weighted by Gasteiger charge is -2.29. The lowest BCUT2D eigenvalue weighted by molar-refractivity contribution is -0.140. The molecule has 0 spiro atoms. The maximum Gasteiger partial charge on any atom is 0.242 e. The number of nitrogens with zero attached hydrogens (tertiary/aromatic N) is 1. The first-order valence-corrected chi connectivity index (χ1v) is 11.4. The summed E-state index contributed by atoms with van der Waals surface area (Å²) >= 11 is 6.00. The van der Waals surface area contributed by atoms with Gasteiger partial charge in [-0.2, -0.15) is 0 Å². The van der Waals surface area contributed by atoms with E-state index in [-0.39, 0.29) is 24.8 Å². The molecular weight excluding hydrogens is 444 g/mol. The smallest absolute Gasteiger partial charge is 0.242 e. The molecule has 33 heavy (non-hydrogen) atoms. The van der Waals surface area contributed by atoms with Crippen molar-refractivity contribution in [1.82, 2.24) is 10.2 Å². The Labute approximate surface area is 201 Å². The maximum atomic E-state index is 13.3. The summed E-state index contributed by atoms with van der Waals surface area (Å²) in [6.45, 7) is 5.67. The Bertz CT molecular complexity index is 904. The first kappa shape index (κ1) is 26.5. The van der Waals surface area contributed by atoms with E-state index in [1.807, 2.05) is 25.1 Å². The minimum absolute atomic E-state index is 0.121. The highest BCUT2D eigenvalue weighted by atomic mass is 35.5. The van der Waals surface area contributed by atoms with Crippen LogP contribution in [-0.2, 0) is 27.3 Å². The molecule has 2 amide bonds. The van der Waals surface area contributed by atoms with Crippen LogP contribution in [-0.4, -0.2) is 56.7 Å². The maximum absolute atomic E-state index is 13.3. The van der Waals surface area contributed by atoms with E-state index < -0.39 is 6.04 Å². The van der Waals surface area contributed by atoms with Crippen LogP contribution in [0.25, 0.3) is 0 Å². The number of rotatable bonds is 13. The molecule has 2 aromatic rings. The van der Waals surface area contributed by atoms with Gasteiger partial charge in [-0.1, -0.05) is 29.8 Å². The zero-order chi connectivity index (χ0) is 24.2. The van der Waals surface area contributed by atoms with Crippen LogP contribution in [0.4, 0.5) is 0 Å². The van der Waals surface area contributed by atoms with Gasteiger partial charge in [0, 0.05) is 31.3 Å². The van der Waals surface area contributed by atoms with Crippen molar-refractivity contribution < 1.29 is 23.8 Å². The number of carbonyl (C=O) groups excluding carboxylic acids is 2.